The van der Waals surface area contributed by atoms with Gasteiger partial charge in [-0.25, -0.2) is 4.79 Å². The largest absolute Gasteiger partial charge is 0.459 e. The highest BCUT2D eigenvalue weighted by atomic mass is 19.4. The fourth-order valence-corrected chi connectivity index (χ4v) is 3.89. The fraction of sp³-hybridized carbons (Fsp3) is 0.812. The monoisotopic (exact) mass is 388 g/mol. The molecule has 4 atom stereocenters. The standard InChI is InChI=1S/C16H21F5O5/c1-8(15(17,18)19)12(22)26-11-6-9-3-4-14(25,10(5-9)7-11)16(20,21)13(2,23)24/h9-11,23-25H,1,3-7H2,2H3. The molecule has 2 saturated carbocycles. The second-order valence-electron chi connectivity index (χ2n) is 7.33. The Balaban J connectivity index is 2.17. The number of esters is 1. The molecular weight excluding hydrogens is 367 g/mol. The molecule has 0 aromatic carbocycles. The maximum Gasteiger partial charge on any atom is 0.422 e. The summed E-state index contributed by atoms with van der Waals surface area (Å²) in [6.07, 6.45) is -6.38. The van der Waals surface area contributed by atoms with Crippen LogP contribution in [0.3, 0.4) is 0 Å². The highest BCUT2D eigenvalue weighted by Gasteiger charge is 2.67. The lowest BCUT2D eigenvalue weighted by molar-refractivity contribution is -0.360. The van der Waals surface area contributed by atoms with Gasteiger partial charge in [-0.1, -0.05) is 6.58 Å². The van der Waals surface area contributed by atoms with Gasteiger partial charge in [0.25, 0.3) is 0 Å². The van der Waals surface area contributed by atoms with Gasteiger partial charge in [0.1, 0.15) is 17.3 Å². The zero-order chi connectivity index (χ0) is 20.1. The van der Waals surface area contributed by atoms with E-state index in [1.54, 1.807) is 0 Å². The molecule has 26 heavy (non-hydrogen) atoms. The van der Waals surface area contributed by atoms with Gasteiger partial charge in [-0.2, -0.15) is 22.0 Å². The third-order valence-electron chi connectivity index (χ3n) is 5.37. The summed E-state index contributed by atoms with van der Waals surface area (Å²) in [5.41, 5.74) is -4.47. The highest BCUT2D eigenvalue weighted by molar-refractivity contribution is 5.89. The van der Waals surface area contributed by atoms with E-state index in [0.29, 0.717) is 6.92 Å². The van der Waals surface area contributed by atoms with E-state index in [2.05, 4.69) is 6.58 Å². The smallest absolute Gasteiger partial charge is 0.422 e. The van der Waals surface area contributed by atoms with E-state index in [4.69, 9.17) is 4.74 Å². The predicted octanol–water partition coefficient (Wildman–Crippen LogP) is 2.29. The van der Waals surface area contributed by atoms with Gasteiger partial charge in [-0.05, 0) is 50.9 Å². The van der Waals surface area contributed by atoms with Crippen molar-refractivity contribution in [3.63, 3.8) is 0 Å². The second kappa shape index (κ2) is 6.42. The summed E-state index contributed by atoms with van der Waals surface area (Å²) in [4.78, 5) is 11.6. The molecular formula is C16H21F5O5. The number of hydrogen-bond donors (Lipinski definition) is 3. The number of aliphatic hydroxyl groups is 3. The first kappa shape index (κ1) is 21.0. The van der Waals surface area contributed by atoms with Crippen molar-refractivity contribution in [2.45, 2.75) is 68.6 Å². The van der Waals surface area contributed by atoms with Crippen molar-refractivity contribution in [3.8, 4) is 0 Å². The minimum absolute atomic E-state index is 0.0902. The summed E-state index contributed by atoms with van der Waals surface area (Å²) in [6, 6.07) is 0. The Morgan fingerprint density at radius 2 is 1.73 bits per heavy atom. The molecule has 0 saturated heterocycles. The Kier molecular flexibility index (Phi) is 5.19. The van der Waals surface area contributed by atoms with E-state index in [-0.39, 0.29) is 31.6 Å². The molecule has 0 spiro atoms. The van der Waals surface area contributed by atoms with Crippen LogP contribution in [0.5, 0.6) is 0 Å². The third-order valence-corrected chi connectivity index (χ3v) is 5.37. The molecule has 3 N–H and O–H groups in total. The van der Waals surface area contributed by atoms with Gasteiger partial charge in [0.2, 0.25) is 5.79 Å². The van der Waals surface area contributed by atoms with Crippen LogP contribution in [0.15, 0.2) is 12.2 Å². The molecule has 2 rings (SSSR count). The first-order valence-corrected chi connectivity index (χ1v) is 8.11. The van der Waals surface area contributed by atoms with E-state index in [0.717, 1.165) is 0 Å². The molecule has 5 nitrogen and oxygen atoms in total. The van der Waals surface area contributed by atoms with Crippen molar-refractivity contribution in [3.05, 3.63) is 12.2 Å². The number of carbonyl (C=O) groups excluding carboxylic acids is 1. The fourth-order valence-electron chi connectivity index (χ4n) is 3.89. The SMILES string of the molecule is C=C(C(=O)OC1CC2CCC(O)(C(F)(F)C(C)(O)O)C(C2)C1)C(F)(F)F. The van der Waals surface area contributed by atoms with Crippen LogP contribution < -0.4 is 0 Å². The maximum absolute atomic E-state index is 14.4. The van der Waals surface area contributed by atoms with Crippen LogP contribution in [-0.2, 0) is 9.53 Å². The van der Waals surface area contributed by atoms with Crippen molar-refractivity contribution >= 4 is 5.97 Å². The lowest BCUT2D eigenvalue weighted by Crippen LogP contribution is -2.66. The summed E-state index contributed by atoms with van der Waals surface area (Å²) in [5.74, 6) is -10.8. The quantitative estimate of drug-likeness (QED) is 0.298. The normalized spacial score (nSPS) is 32.9. The van der Waals surface area contributed by atoms with Crippen LogP contribution in [0.4, 0.5) is 22.0 Å². The summed E-state index contributed by atoms with van der Waals surface area (Å²) in [7, 11) is 0. The first-order valence-electron chi connectivity index (χ1n) is 8.11. The van der Waals surface area contributed by atoms with Gasteiger partial charge >= 0.3 is 18.1 Å². The Morgan fingerprint density at radius 1 is 1.15 bits per heavy atom. The van der Waals surface area contributed by atoms with Crippen LogP contribution in [0.2, 0.25) is 0 Å². The molecule has 0 radical (unpaired) electrons. The Morgan fingerprint density at radius 3 is 2.23 bits per heavy atom. The summed E-state index contributed by atoms with van der Waals surface area (Å²) in [6.45, 7) is 3.08. The average molecular weight is 388 g/mol. The predicted molar refractivity (Wildman–Crippen MR) is 77.9 cm³/mol. The van der Waals surface area contributed by atoms with Gasteiger partial charge in [0.05, 0.1) is 0 Å². The van der Waals surface area contributed by atoms with Crippen molar-refractivity contribution in [2.24, 2.45) is 11.8 Å². The molecule has 4 unspecified atom stereocenters. The molecule has 10 heteroatoms. The van der Waals surface area contributed by atoms with Crippen molar-refractivity contribution < 1.29 is 46.8 Å². The molecule has 2 aliphatic carbocycles. The van der Waals surface area contributed by atoms with Crippen molar-refractivity contribution in [2.75, 3.05) is 0 Å². The summed E-state index contributed by atoms with van der Waals surface area (Å²) in [5, 5.41) is 29.2. The van der Waals surface area contributed by atoms with E-state index in [1.807, 2.05) is 0 Å². The minimum Gasteiger partial charge on any atom is -0.459 e. The lowest BCUT2D eigenvalue weighted by atomic mass is 9.60. The van der Waals surface area contributed by atoms with Gasteiger partial charge in [0.15, 0.2) is 0 Å². The number of hydrogen-bond acceptors (Lipinski definition) is 5. The van der Waals surface area contributed by atoms with Crippen LogP contribution in [0.25, 0.3) is 0 Å². The van der Waals surface area contributed by atoms with Crippen LogP contribution in [-0.4, -0.2) is 50.9 Å². The number of alkyl halides is 5. The molecule has 2 aliphatic rings. The van der Waals surface area contributed by atoms with Crippen LogP contribution in [0.1, 0.15) is 39.0 Å². The zero-order valence-electron chi connectivity index (χ0n) is 14.0. The van der Waals surface area contributed by atoms with E-state index in [9.17, 15) is 42.1 Å². The van der Waals surface area contributed by atoms with E-state index < -0.39 is 53.5 Å². The van der Waals surface area contributed by atoms with Crippen LogP contribution in [0, 0.1) is 11.8 Å². The highest BCUT2D eigenvalue weighted by Crippen LogP contribution is 2.54. The second-order valence-corrected chi connectivity index (χ2v) is 7.33. The summed E-state index contributed by atoms with van der Waals surface area (Å²) >= 11 is 0. The molecule has 0 aliphatic heterocycles. The average Bonchev–Trinajstić information content (AvgIpc) is 2.48. The first-order chi connectivity index (χ1) is 11.6. The lowest BCUT2D eigenvalue weighted by Gasteiger charge is -2.52. The maximum atomic E-state index is 14.4. The van der Waals surface area contributed by atoms with Crippen molar-refractivity contribution in [1.82, 2.24) is 0 Å². The van der Waals surface area contributed by atoms with Gasteiger partial charge in [-0.15, -0.1) is 0 Å². The molecule has 150 valence electrons. The number of ether oxygens (including phenoxy) is 1. The minimum atomic E-state index is -4.97. The van der Waals surface area contributed by atoms with Gasteiger partial charge < -0.3 is 20.1 Å². The molecule has 2 bridgehead atoms. The number of halogens is 5. The van der Waals surface area contributed by atoms with E-state index >= 15 is 0 Å². The van der Waals surface area contributed by atoms with Gasteiger partial charge in [-0.3, -0.25) is 0 Å². The Hall–Kier alpha value is -1.26. The third kappa shape index (κ3) is 3.59. The molecule has 0 heterocycles. The number of carbonyl (C=O) groups is 1. The van der Waals surface area contributed by atoms with Gasteiger partial charge in [0, 0.05) is 0 Å². The molecule has 0 amide bonds. The molecule has 2 fully saturated rings. The number of rotatable bonds is 4. The molecule has 0 aromatic heterocycles. The Labute approximate surface area is 146 Å². The van der Waals surface area contributed by atoms with Crippen LogP contribution >= 0.6 is 0 Å². The summed E-state index contributed by atoms with van der Waals surface area (Å²) < 4.78 is 71.2. The zero-order valence-corrected chi connectivity index (χ0v) is 14.0. The van der Waals surface area contributed by atoms with E-state index in [1.165, 1.54) is 0 Å². The topological polar surface area (TPSA) is 87.0 Å². The Bertz CT molecular complexity index is 583. The number of fused-ring (bicyclic) bond motifs is 2. The van der Waals surface area contributed by atoms with Crippen molar-refractivity contribution in [1.29, 1.82) is 0 Å². The molecule has 0 aromatic rings.